The number of nitrogens with zero attached hydrogens (tertiary/aromatic N) is 5. The van der Waals surface area contributed by atoms with Crippen LogP contribution < -0.4 is 38.0 Å². The molecule has 2 aromatic heterocycles. The van der Waals surface area contributed by atoms with Crippen LogP contribution in [0.15, 0.2) is 29.1 Å². The van der Waals surface area contributed by atoms with Crippen molar-refractivity contribution in [2.24, 2.45) is 0 Å². The highest BCUT2D eigenvalue weighted by molar-refractivity contribution is 7.53. The lowest BCUT2D eigenvalue weighted by atomic mass is 10.0. The molecule has 0 spiro atoms. The Morgan fingerprint density at radius 2 is 0.973 bits per heavy atom. The highest BCUT2D eigenvalue weighted by Crippen LogP contribution is 2.49. The summed E-state index contributed by atoms with van der Waals surface area (Å²) in [6.45, 7) is 26.8. The molecule has 0 saturated carbocycles. The number of rotatable bonds is 66. The van der Waals surface area contributed by atoms with Crippen molar-refractivity contribution in [2.45, 2.75) is 369 Å². The quantitative estimate of drug-likeness (QED) is 0.0157. The van der Waals surface area contributed by atoms with Crippen LogP contribution in [0.5, 0.6) is 0 Å². The number of alkyl carbamates (subject to hydrolysis) is 1. The lowest BCUT2D eigenvalue weighted by Crippen LogP contribution is -2.45. The number of imidazole rings is 1. The number of hydrogen-bond donors (Lipinski definition) is 7. The molecule has 2 heterocycles. The Morgan fingerprint density at radius 1 is 0.518 bits per heavy atom. The van der Waals surface area contributed by atoms with Gasteiger partial charge in [0, 0.05) is 51.3 Å². The number of ether oxygens (including phenoxy) is 3. The standard InChI is InChI=1S/C86H155N12O13P/c1-13-16-19-21-23-25-27-29-31-33-35-37-39-47-65-107-112(106,108-66-48-40-38-36-34-32-30-28-26-24-22-20-17-14-2)67-50-58-88-57-43-41-51-72(92-74(100)68-91-78(101)71-55-53-70(54-56-71)69-98-77-75(93-80(98)102)76(87)94-79(95-77)89-59-18-15-3)73(99)52-42-44-61-96(82(104)110-85(7,8)9)62-45-46-63-97(83(105)111-86(10,11)12)64-49-60-90-81(103)109-84(4,5)6/h53-56,72,88H,13-52,57-69H2,1-12H3,(H,90,103)(H,91,101)(H,92,100)(H,93,102)(H3,87,89,94,95)/t72-/m0/s1. The van der Waals surface area contributed by atoms with Gasteiger partial charge in [0.1, 0.15) is 22.3 Å². The van der Waals surface area contributed by atoms with Gasteiger partial charge in [-0.15, -0.1) is 0 Å². The normalized spacial score (nSPS) is 12.2. The van der Waals surface area contributed by atoms with Gasteiger partial charge in [-0.2, -0.15) is 9.97 Å². The van der Waals surface area contributed by atoms with Crippen molar-refractivity contribution in [3.05, 3.63) is 45.9 Å². The van der Waals surface area contributed by atoms with Crippen LogP contribution in [0.25, 0.3) is 11.2 Å². The van der Waals surface area contributed by atoms with E-state index in [9.17, 15) is 38.1 Å². The number of nitrogens with one attached hydrogen (secondary N) is 6. The van der Waals surface area contributed by atoms with E-state index in [-0.39, 0.29) is 36.7 Å². The zero-order valence-electron chi connectivity index (χ0n) is 71.9. The van der Waals surface area contributed by atoms with Gasteiger partial charge in [0.2, 0.25) is 11.9 Å². The Bertz CT molecular complexity index is 3130. The van der Waals surface area contributed by atoms with Crippen molar-refractivity contribution in [3.63, 3.8) is 0 Å². The third-order valence-corrected chi connectivity index (χ3v) is 21.4. The molecule has 5 amide bonds. The fourth-order valence-electron chi connectivity index (χ4n) is 13.1. The number of ketones is 1. The van der Waals surface area contributed by atoms with Gasteiger partial charge in [0.25, 0.3) is 5.91 Å². The van der Waals surface area contributed by atoms with Crippen LogP contribution in [-0.4, -0.2) is 166 Å². The minimum Gasteiger partial charge on any atom is -0.444 e. The molecule has 0 unspecified atom stereocenters. The number of hydrogen-bond acceptors (Lipinski definition) is 18. The third kappa shape index (κ3) is 48.8. The molecule has 0 radical (unpaired) electrons. The Hall–Kier alpha value is -6.30. The van der Waals surface area contributed by atoms with Crippen molar-refractivity contribution in [1.82, 2.24) is 50.6 Å². The molecule has 642 valence electrons. The van der Waals surface area contributed by atoms with E-state index in [2.05, 4.69) is 62.3 Å². The highest BCUT2D eigenvalue weighted by atomic mass is 31.2. The largest absolute Gasteiger partial charge is 0.444 e. The summed E-state index contributed by atoms with van der Waals surface area (Å²) in [6, 6.07) is 5.79. The van der Waals surface area contributed by atoms with Crippen LogP contribution in [0, 0.1) is 0 Å². The van der Waals surface area contributed by atoms with E-state index in [0.717, 1.165) is 51.4 Å². The number of nitrogen functional groups attached to an aromatic ring is 1. The summed E-state index contributed by atoms with van der Waals surface area (Å²) in [5.41, 5.74) is 5.31. The maximum absolute atomic E-state index is 14.3. The van der Waals surface area contributed by atoms with Crippen LogP contribution >= 0.6 is 7.60 Å². The molecule has 25 nitrogen and oxygen atoms in total. The van der Waals surface area contributed by atoms with E-state index in [4.69, 9.17) is 29.0 Å². The minimum absolute atomic E-state index is 0.114. The zero-order chi connectivity index (χ0) is 82.3. The molecule has 0 aliphatic carbocycles. The Kier molecular flexibility index (Phi) is 52.2. The number of aromatic amines is 1. The van der Waals surface area contributed by atoms with Crippen molar-refractivity contribution in [1.29, 1.82) is 0 Å². The summed E-state index contributed by atoms with van der Waals surface area (Å²) in [5.74, 6) is -0.760. The van der Waals surface area contributed by atoms with E-state index in [1.807, 2.05) is 0 Å². The number of anilines is 2. The van der Waals surface area contributed by atoms with E-state index >= 15 is 0 Å². The van der Waals surface area contributed by atoms with Crippen LogP contribution in [0.4, 0.5) is 26.1 Å². The Labute approximate surface area is 674 Å². The van der Waals surface area contributed by atoms with E-state index in [1.165, 1.54) is 146 Å². The number of carbonyl (C=O) groups excluding carboxylic acids is 6. The number of Topliss-reactive ketones (excluding diaryl/α,β-unsaturated/α-hetero) is 1. The first-order valence-corrected chi connectivity index (χ1v) is 45.5. The lowest BCUT2D eigenvalue weighted by Gasteiger charge is -2.29. The second-order valence-electron chi connectivity index (χ2n) is 33.6. The first-order chi connectivity index (χ1) is 53.6. The molecule has 3 aromatic rings. The predicted molar refractivity (Wildman–Crippen MR) is 455 cm³/mol. The number of carbonyl (C=O) groups is 6. The van der Waals surface area contributed by atoms with Gasteiger partial charge < -0.3 is 70.4 Å². The number of fused-ring (bicyclic) bond motifs is 1. The van der Waals surface area contributed by atoms with Crippen LogP contribution in [0.2, 0.25) is 0 Å². The lowest BCUT2D eigenvalue weighted by molar-refractivity contribution is -0.127. The van der Waals surface area contributed by atoms with Crippen LogP contribution in [0.3, 0.4) is 0 Å². The summed E-state index contributed by atoms with van der Waals surface area (Å²) >= 11 is 0. The van der Waals surface area contributed by atoms with Gasteiger partial charge in [-0.25, -0.2) is 19.2 Å². The second kappa shape index (κ2) is 58.5. The number of nitrogens with two attached hydrogens (primary N) is 1. The van der Waals surface area contributed by atoms with Gasteiger partial charge in [-0.05, 0) is 170 Å². The van der Waals surface area contributed by atoms with Gasteiger partial charge in [0.15, 0.2) is 17.2 Å². The molecule has 0 bridgehead atoms. The molecule has 1 atom stereocenters. The molecule has 26 heteroatoms. The topological polar surface area (TPSA) is 322 Å². The monoisotopic (exact) mass is 1600 g/mol. The summed E-state index contributed by atoms with van der Waals surface area (Å²) < 4.78 is 45.1. The second-order valence-corrected chi connectivity index (χ2v) is 35.8. The fourth-order valence-corrected chi connectivity index (χ4v) is 14.8. The number of aromatic nitrogens is 4. The molecule has 112 heavy (non-hydrogen) atoms. The number of benzene rings is 1. The van der Waals surface area contributed by atoms with Crippen molar-refractivity contribution < 1.29 is 56.6 Å². The van der Waals surface area contributed by atoms with Crippen molar-refractivity contribution >= 4 is 66.4 Å². The van der Waals surface area contributed by atoms with E-state index < -0.39 is 72.8 Å². The number of H-pyrrole nitrogens is 1. The molecular weight excluding hydrogens is 1440 g/mol. The summed E-state index contributed by atoms with van der Waals surface area (Å²) in [4.78, 5) is 109. The SMILES string of the molecule is CCCCCCCCCCCCCCCCOP(=O)(CCCNCCCC[C@H](NC(=O)CNC(=O)c1ccc(Cn2c(=O)[nH]c3c(N)nc(NCCCC)nc32)cc1)C(=O)CCCCN(CCCCN(CCCNC(=O)OC(C)(C)C)C(=O)OC(C)(C)C)C(=O)OC(C)(C)C)OCCCCCCCCCCCCCCCC. The third-order valence-electron chi connectivity index (χ3n) is 19.4. The number of unbranched alkanes of at least 4 members (excludes halogenated alkanes) is 30. The Balaban J connectivity index is 1.66. The van der Waals surface area contributed by atoms with E-state index in [1.54, 1.807) is 96.4 Å². The highest BCUT2D eigenvalue weighted by Gasteiger charge is 2.28. The first kappa shape index (κ1) is 99.9. The molecule has 0 aliphatic heterocycles. The first-order valence-electron chi connectivity index (χ1n) is 43.8. The van der Waals surface area contributed by atoms with Crippen molar-refractivity contribution in [2.75, 3.05) is 89.3 Å². The van der Waals surface area contributed by atoms with Crippen molar-refractivity contribution in [3.8, 4) is 0 Å². The summed E-state index contributed by atoms with van der Waals surface area (Å²) in [7, 11) is -3.32. The summed E-state index contributed by atoms with van der Waals surface area (Å²) in [5, 5.41) is 15.0. The molecule has 1 aromatic carbocycles. The van der Waals surface area contributed by atoms with Gasteiger partial charge in [-0.1, -0.05) is 206 Å². The molecule has 8 N–H and O–H groups in total. The summed E-state index contributed by atoms with van der Waals surface area (Å²) in [6.07, 6.45) is 40.7. The maximum atomic E-state index is 14.3. The van der Waals surface area contributed by atoms with Gasteiger partial charge >= 0.3 is 31.6 Å². The molecular formula is C86H155N12O13P. The molecule has 3 rings (SSSR count). The van der Waals surface area contributed by atoms with Crippen LogP contribution in [-0.2, 0) is 44.0 Å². The number of amides is 5. The Morgan fingerprint density at radius 3 is 1.46 bits per heavy atom. The smallest absolute Gasteiger partial charge is 0.410 e. The average molecular weight is 1600 g/mol. The molecule has 0 saturated heterocycles. The maximum Gasteiger partial charge on any atom is 0.410 e. The molecule has 0 fully saturated rings. The molecule has 0 aliphatic rings. The van der Waals surface area contributed by atoms with E-state index in [0.29, 0.717) is 146 Å². The van der Waals surface area contributed by atoms with Gasteiger partial charge in [-0.3, -0.25) is 23.5 Å². The van der Waals surface area contributed by atoms with Gasteiger partial charge in [0.05, 0.1) is 38.5 Å². The predicted octanol–water partition coefficient (Wildman–Crippen LogP) is 19.4. The minimum atomic E-state index is -3.32. The zero-order valence-corrected chi connectivity index (χ0v) is 72.8. The van der Waals surface area contributed by atoms with Crippen LogP contribution in [0.1, 0.15) is 356 Å². The average Bonchev–Trinajstić information content (AvgIpc) is 1.63. The fraction of sp³-hybridized carbons (Fsp3) is 0.802.